The fourth-order valence-electron chi connectivity index (χ4n) is 0.985. The number of carboxylic acids is 1. The second kappa shape index (κ2) is 6.00. The van der Waals surface area contributed by atoms with Gasteiger partial charge in [0, 0.05) is 0 Å². The molecule has 0 bridgehead atoms. The quantitative estimate of drug-likeness (QED) is 0.643. The summed E-state index contributed by atoms with van der Waals surface area (Å²) in [6, 6.07) is 0. The molecule has 0 aliphatic rings. The number of aliphatic hydroxyl groups excluding tert-OH is 1. The van der Waals surface area contributed by atoms with E-state index < -0.39 is 12.1 Å². The van der Waals surface area contributed by atoms with Gasteiger partial charge in [0.15, 0.2) is 0 Å². The predicted octanol–water partition coefficient (Wildman–Crippen LogP) is 1.65. The van der Waals surface area contributed by atoms with E-state index in [1.165, 1.54) is 0 Å². The first kappa shape index (κ1) is 11.4. The molecule has 0 spiro atoms. The summed E-state index contributed by atoms with van der Waals surface area (Å²) in [5, 5.41) is 17.5. The molecule has 0 aliphatic carbocycles. The van der Waals surface area contributed by atoms with E-state index in [0.29, 0.717) is 12.3 Å². The van der Waals surface area contributed by atoms with Crippen LogP contribution in [0.3, 0.4) is 0 Å². The third-order valence-corrected chi connectivity index (χ3v) is 2.10. The summed E-state index contributed by atoms with van der Waals surface area (Å²) in [7, 11) is 0. The van der Waals surface area contributed by atoms with Gasteiger partial charge in [0.2, 0.25) is 0 Å². The van der Waals surface area contributed by atoms with Crippen LogP contribution in [0.2, 0.25) is 0 Å². The molecule has 3 heteroatoms. The molecule has 0 unspecified atom stereocenters. The summed E-state index contributed by atoms with van der Waals surface area (Å²) in [6.45, 7) is 4.20. The van der Waals surface area contributed by atoms with Crippen LogP contribution in [0.5, 0.6) is 0 Å². The van der Waals surface area contributed by atoms with Gasteiger partial charge in [0.05, 0.1) is 12.5 Å². The van der Waals surface area contributed by atoms with Crippen molar-refractivity contribution in [2.75, 3.05) is 0 Å². The zero-order valence-electron chi connectivity index (χ0n) is 7.79. The first-order valence-electron chi connectivity index (χ1n) is 4.46. The molecular formula is C9H18O3. The second-order valence-corrected chi connectivity index (χ2v) is 3.34. The van der Waals surface area contributed by atoms with Crippen LogP contribution in [0.15, 0.2) is 0 Å². The summed E-state index contributed by atoms with van der Waals surface area (Å²) < 4.78 is 0. The highest BCUT2D eigenvalue weighted by Crippen LogP contribution is 2.12. The lowest BCUT2D eigenvalue weighted by Crippen LogP contribution is -2.13. The van der Waals surface area contributed by atoms with E-state index in [2.05, 4.69) is 13.8 Å². The fourth-order valence-corrected chi connectivity index (χ4v) is 0.985. The molecule has 0 aromatic carbocycles. The molecule has 0 aromatic heterocycles. The molecule has 0 saturated carbocycles. The molecule has 3 nitrogen and oxygen atoms in total. The van der Waals surface area contributed by atoms with Crippen molar-refractivity contribution in [3.63, 3.8) is 0 Å². The van der Waals surface area contributed by atoms with Gasteiger partial charge in [-0.1, -0.05) is 20.3 Å². The van der Waals surface area contributed by atoms with Crippen LogP contribution in [0.4, 0.5) is 0 Å². The van der Waals surface area contributed by atoms with Gasteiger partial charge in [-0.15, -0.1) is 0 Å². The first-order chi connectivity index (χ1) is 5.56. The topological polar surface area (TPSA) is 57.5 Å². The molecule has 12 heavy (non-hydrogen) atoms. The van der Waals surface area contributed by atoms with E-state index in [-0.39, 0.29) is 6.42 Å². The second-order valence-electron chi connectivity index (χ2n) is 3.34. The van der Waals surface area contributed by atoms with Gasteiger partial charge < -0.3 is 10.2 Å². The number of aliphatic carboxylic acids is 1. The summed E-state index contributed by atoms with van der Waals surface area (Å²) in [5.41, 5.74) is 0. The molecule has 0 saturated heterocycles. The van der Waals surface area contributed by atoms with Crippen molar-refractivity contribution in [1.29, 1.82) is 0 Å². The lowest BCUT2D eigenvalue weighted by atomic mass is 9.99. The van der Waals surface area contributed by atoms with Crippen molar-refractivity contribution >= 4 is 5.97 Å². The van der Waals surface area contributed by atoms with Gasteiger partial charge in [-0.25, -0.2) is 0 Å². The number of carbonyl (C=O) groups is 1. The standard InChI is InChI=1S/C9H18O3/c1-3-7(2)4-5-8(10)6-9(11)12/h7-8,10H,3-6H2,1-2H3,(H,11,12)/t7-,8+/m1/s1. The highest BCUT2D eigenvalue weighted by Gasteiger charge is 2.10. The third kappa shape index (κ3) is 6.16. The summed E-state index contributed by atoms with van der Waals surface area (Å²) >= 11 is 0. The Bertz CT molecular complexity index is 134. The largest absolute Gasteiger partial charge is 0.481 e. The van der Waals surface area contributed by atoms with Crippen LogP contribution < -0.4 is 0 Å². The highest BCUT2D eigenvalue weighted by atomic mass is 16.4. The van der Waals surface area contributed by atoms with Crippen LogP contribution >= 0.6 is 0 Å². The van der Waals surface area contributed by atoms with E-state index in [0.717, 1.165) is 12.8 Å². The maximum atomic E-state index is 10.2. The SMILES string of the molecule is CC[C@@H](C)CC[C@H](O)CC(=O)O. The average Bonchev–Trinajstić information content (AvgIpc) is 1.99. The molecule has 0 aromatic rings. The van der Waals surface area contributed by atoms with Gasteiger partial charge in [-0.05, 0) is 18.8 Å². The van der Waals surface area contributed by atoms with Crippen LogP contribution in [-0.2, 0) is 4.79 Å². The van der Waals surface area contributed by atoms with E-state index in [9.17, 15) is 9.90 Å². The maximum absolute atomic E-state index is 10.2. The Morgan fingerprint density at radius 3 is 2.42 bits per heavy atom. The molecule has 72 valence electrons. The molecule has 0 rings (SSSR count). The molecule has 0 heterocycles. The highest BCUT2D eigenvalue weighted by molar-refractivity contribution is 5.67. The van der Waals surface area contributed by atoms with Crippen LogP contribution in [0.25, 0.3) is 0 Å². The lowest BCUT2D eigenvalue weighted by Gasteiger charge is -2.11. The van der Waals surface area contributed by atoms with Gasteiger partial charge in [-0.3, -0.25) is 4.79 Å². The lowest BCUT2D eigenvalue weighted by molar-refractivity contribution is -0.139. The van der Waals surface area contributed by atoms with Gasteiger partial charge in [-0.2, -0.15) is 0 Å². The van der Waals surface area contributed by atoms with Gasteiger partial charge in [0.1, 0.15) is 0 Å². The summed E-state index contributed by atoms with van der Waals surface area (Å²) in [5.74, 6) is -0.347. The zero-order valence-corrected chi connectivity index (χ0v) is 7.79. The Labute approximate surface area is 73.4 Å². The monoisotopic (exact) mass is 174 g/mol. The van der Waals surface area contributed by atoms with Crippen molar-refractivity contribution < 1.29 is 15.0 Å². The molecule has 0 amide bonds. The van der Waals surface area contributed by atoms with Crippen molar-refractivity contribution in [3.8, 4) is 0 Å². The average molecular weight is 174 g/mol. The van der Waals surface area contributed by atoms with E-state index >= 15 is 0 Å². The normalized spacial score (nSPS) is 15.6. The molecule has 0 aliphatic heterocycles. The first-order valence-corrected chi connectivity index (χ1v) is 4.46. The van der Waals surface area contributed by atoms with Crippen LogP contribution in [-0.4, -0.2) is 22.3 Å². The van der Waals surface area contributed by atoms with Gasteiger partial charge >= 0.3 is 5.97 Å². The molecule has 2 N–H and O–H groups in total. The minimum Gasteiger partial charge on any atom is -0.481 e. The number of aliphatic hydroxyl groups is 1. The number of hydrogen-bond acceptors (Lipinski definition) is 2. The maximum Gasteiger partial charge on any atom is 0.305 e. The minimum atomic E-state index is -0.924. The minimum absolute atomic E-state index is 0.129. The molecule has 0 radical (unpaired) electrons. The summed E-state index contributed by atoms with van der Waals surface area (Å²) in [4.78, 5) is 10.2. The van der Waals surface area contributed by atoms with Crippen molar-refractivity contribution in [3.05, 3.63) is 0 Å². The zero-order chi connectivity index (χ0) is 9.56. The molecule has 2 atom stereocenters. The number of rotatable bonds is 6. The fraction of sp³-hybridized carbons (Fsp3) is 0.889. The van der Waals surface area contributed by atoms with Crippen molar-refractivity contribution in [2.24, 2.45) is 5.92 Å². The Morgan fingerprint density at radius 1 is 1.42 bits per heavy atom. The Morgan fingerprint density at radius 2 is 2.00 bits per heavy atom. The predicted molar refractivity (Wildman–Crippen MR) is 46.9 cm³/mol. The third-order valence-electron chi connectivity index (χ3n) is 2.10. The summed E-state index contributed by atoms with van der Waals surface area (Å²) in [6.07, 6.45) is 1.79. The van der Waals surface area contributed by atoms with Crippen molar-refractivity contribution in [1.82, 2.24) is 0 Å². The smallest absolute Gasteiger partial charge is 0.305 e. The number of carboxylic acid groups (broad SMARTS) is 1. The van der Waals surface area contributed by atoms with Crippen LogP contribution in [0.1, 0.15) is 39.5 Å². The Hall–Kier alpha value is -0.570. The van der Waals surface area contributed by atoms with E-state index in [1.54, 1.807) is 0 Å². The van der Waals surface area contributed by atoms with E-state index in [1.807, 2.05) is 0 Å². The molecule has 0 fully saturated rings. The Balaban J connectivity index is 3.43. The number of hydrogen-bond donors (Lipinski definition) is 2. The molecular weight excluding hydrogens is 156 g/mol. The Kier molecular flexibility index (Phi) is 5.72. The van der Waals surface area contributed by atoms with Crippen molar-refractivity contribution in [2.45, 2.75) is 45.6 Å². The van der Waals surface area contributed by atoms with E-state index in [4.69, 9.17) is 5.11 Å². The van der Waals surface area contributed by atoms with Gasteiger partial charge in [0.25, 0.3) is 0 Å². The van der Waals surface area contributed by atoms with Crippen LogP contribution in [0, 0.1) is 5.92 Å².